The summed E-state index contributed by atoms with van der Waals surface area (Å²) in [5.41, 5.74) is 1.42. The minimum absolute atomic E-state index is 0.00678. The summed E-state index contributed by atoms with van der Waals surface area (Å²) >= 11 is 12.8. The lowest BCUT2D eigenvalue weighted by molar-refractivity contribution is -0.605. The molecule has 4 aromatic rings. The first kappa shape index (κ1) is 43.4. The van der Waals surface area contributed by atoms with Gasteiger partial charge in [-0.1, -0.05) is 71.7 Å². The molecule has 1 aliphatic carbocycles. The lowest BCUT2D eigenvalue weighted by Crippen LogP contribution is -2.52. The van der Waals surface area contributed by atoms with Gasteiger partial charge in [-0.25, -0.2) is 9.59 Å². The van der Waals surface area contributed by atoms with Crippen LogP contribution in [0.5, 0.6) is 17.2 Å². The summed E-state index contributed by atoms with van der Waals surface area (Å²) in [4.78, 5) is 38.3. The van der Waals surface area contributed by atoms with E-state index in [2.05, 4.69) is 10.2 Å². The number of carboxylic acid groups (broad SMARTS) is 1. The van der Waals surface area contributed by atoms with Crippen molar-refractivity contribution in [3.8, 4) is 17.2 Å². The minimum atomic E-state index is -3.11. The monoisotopic (exact) mass is 857 g/mol. The van der Waals surface area contributed by atoms with Crippen molar-refractivity contribution in [3.05, 3.63) is 122 Å². The molecule has 3 atom stereocenters. The van der Waals surface area contributed by atoms with Gasteiger partial charge in [0, 0.05) is 30.6 Å². The molecular weight excluding hydrogens is 815 g/mol. The molecule has 59 heavy (non-hydrogen) atoms. The summed E-state index contributed by atoms with van der Waals surface area (Å²) in [6, 6.07) is 17.0. The molecule has 2 bridgehead atoms. The molecule has 3 aromatic carbocycles. The van der Waals surface area contributed by atoms with Crippen molar-refractivity contribution in [3.63, 3.8) is 0 Å². The van der Waals surface area contributed by atoms with Gasteiger partial charge < -0.3 is 34.4 Å². The number of halogens is 4. The Balaban J connectivity index is 0.00000189. The number of para-hydroxylation sites is 1. The van der Waals surface area contributed by atoms with E-state index in [-0.39, 0.29) is 76.5 Å². The maximum absolute atomic E-state index is 13.9. The molecule has 1 aromatic heterocycles. The average molecular weight is 859 g/mol. The Bertz CT molecular complexity index is 2060. The van der Waals surface area contributed by atoms with Crippen molar-refractivity contribution in [1.82, 2.24) is 10.2 Å². The van der Waals surface area contributed by atoms with Gasteiger partial charge in [-0.05, 0) is 79.9 Å². The maximum atomic E-state index is 13.9. The van der Waals surface area contributed by atoms with Gasteiger partial charge in [0.05, 0.1) is 6.61 Å². The number of phenolic OH excluding ortho intramolecular Hbond substituents is 1. The predicted molar refractivity (Wildman–Crippen MR) is 210 cm³/mol. The van der Waals surface area contributed by atoms with Crippen LogP contribution in [0.4, 0.5) is 8.78 Å². The highest BCUT2D eigenvalue weighted by Gasteiger charge is 2.38. The van der Waals surface area contributed by atoms with Crippen LogP contribution in [0.3, 0.4) is 0 Å². The number of nitrogens with one attached hydrogen (secondary N) is 1. The largest absolute Gasteiger partial charge is 0.619 e. The molecular formula is C42H43Cl2F2N3O10. The molecule has 13 nitrogen and oxygen atoms in total. The topological polar surface area (TPSA) is 171 Å². The summed E-state index contributed by atoms with van der Waals surface area (Å²) in [6.07, 6.45) is 4.57. The Kier molecular flexibility index (Phi) is 14.8. The number of piperidine rings is 3. The number of alkyl halides is 2. The van der Waals surface area contributed by atoms with Crippen LogP contribution in [0.25, 0.3) is 0 Å². The summed E-state index contributed by atoms with van der Waals surface area (Å²) in [5.74, 6) is -1.30. The second kappa shape index (κ2) is 20.2. The van der Waals surface area contributed by atoms with Crippen LogP contribution in [0.15, 0.2) is 79.1 Å². The number of esters is 2. The van der Waals surface area contributed by atoms with E-state index in [9.17, 15) is 28.7 Å². The number of pyridine rings is 1. The van der Waals surface area contributed by atoms with Crippen LogP contribution in [-0.4, -0.2) is 72.5 Å². The number of hydrogen-bond donors (Lipinski definition) is 3. The van der Waals surface area contributed by atoms with Crippen molar-refractivity contribution in [2.45, 2.75) is 63.5 Å². The number of phenols is 1. The first-order chi connectivity index (χ1) is 28.4. The fourth-order valence-corrected chi connectivity index (χ4v) is 7.81. The molecule has 17 heteroatoms. The Morgan fingerprint density at radius 1 is 0.966 bits per heavy atom. The molecule has 4 heterocycles. The van der Waals surface area contributed by atoms with Crippen LogP contribution >= 0.6 is 23.2 Å². The standard InChI is InChI=1S/C41H41Cl2F2N3O8.CH2O2/c42-31-20-48(52)21-32(43)30(31)18-34(27-11-12-33(56-41(44)45)35(17-27)53-23-24-9-10-24)54-39(50)29-8-4-7-28(38(29)49)19-46-37(26-5-2-1-3-6-26)40(51)55-36-22-47-15-13-25(36)14-16-47;2-1-3/h1-8,11-12,17,20-21,24-25,34,36-37,41,46,49H,9-10,13-16,18-19,22-23H2;1H,(H,2,3)/t34?,36-,37?;/m0./s1. The quantitative estimate of drug-likeness (QED) is 0.0456. The van der Waals surface area contributed by atoms with Crippen LogP contribution in [0.2, 0.25) is 10.0 Å². The van der Waals surface area contributed by atoms with Gasteiger partial charge in [-0.3, -0.25) is 15.0 Å². The fourth-order valence-electron chi connectivity index (χ4n) is 7.21. The number of aromatic nitrogens is 1. The van der Waals surface area contributed by atoms with E-state index >= 15 is 0 Å². The van der Waals surface area contributed by atoms with Gasteiger partial charge in [-0.2, -0.15) is 13.5 Å². The Morgan fingerprint density at radius 2 is 1.66 bits per heavy atom. The summed E-state index contributed by atoms with van der Waals surface area (Å²) in [5, 5.41) is 33.6. The zero-order valence-corrected chi connectivity index (χ0v) is 33.2. The SMILES string of the molecule is O=C(OC(Cc1c(Cl)c[n+]([O-])cc1Cl)c1ccc(OC(F)F)c(OCC2CC2)c1)c1cccc(CNC(C(=O)O[C@H]2CN3CCC2CC3)c2ccccc2)c1O.O=CO. The first-order valence-corrected chi connectivity index (χ1v) is 19.8. The van der Waals surface area contributed by atoms with Crippen molar-refractivity contribution in [2.75, 3.05) is 26.2 Å². The molecule has 3 saturated heterocycles. The van der Waals surface area contributed by atoms with E-state index < -0.39 is 30.7 Å². The van der Waals surface area contributed by atoms with E-state index in [1.165, 1.54) is 24.3 Å². The number of ether oxygens (including phenoxy) is 4. The van der Waals surface area contributed by atoms with Crippen molar-refractivity contribution >= 4 is 41.6 Å². The Labute approximate surface area is 348 Å². The second-order valence-electron chi connectivity index (χ2n) is 14.5. The molecule has 314 valence electrons. The molecule has 0 spiro atoms. The lowest BCUT2D eigenvalue weighted by Gasteiger charge is -2.44. The summed E-state index contributed by atoms with van der Waals surface area (Å²) in [6.45, 7) is -0.375. The number of fused-ring (bicyclic) bond motifs is 3. The van der Waals surface area contributed by atoms with Crippen LogP contribution < -0.4 is 19.5 Å². The molecule has 3 aliphatic heterocycles. The van der Waals surface area contributed by atoms with Gasteiger partial charge in [0.2, 0.25) is 0 Å². The van der Waals surface area contributed by atoms with Crippen molar-refractivity contribution in [2.24, 2.45) is 11.8 Å². The van der Waals surface area contributed by atoms with Crippen LogP contribution in [0, 0.1) is 17.0 Å². The number of benzene rings is 3. The summed E-state index contributed by atoms with van der Waals surface area (Å²) in [7, 11) is 0. The molecule has 3 N–H and O–H groups in total. The smallest absolute Gasteiger partial charge is 0.387 e. The van der Waals surface area contributed by atoms with E-state index in [1.807, 2.05) is 30.3 Å². The van der Waals surface area contributed by atoms with Crippen molar-refractivity contribution in [1.29, 1.82) is 0 Å². The maximum Gasteiger partial charge on any atom is 0.387 e. The van der Waals surface area contributed by atoms with Gasteiger partial charge in [0.1, 0.15) is 39.6 Å². The van der Waals surface area contributed by atoms with Gasteiger partial charge >= 0.3 is 18.6 Å². The Morgan fingerprint density at radius 3 is 2.29 bits per heavy atom. The number of hydrogen-bond acceptors (Lipinski definition) is 11. The zero-order chi connectivity index (χ0) is 42.1. The number of carbonyl (C=O) groups is 3. The number of aromatic hydroxyl groups is 1. The highest BCUT2D eigenvalue weighted by molar-refractivity contribution is 6.35. The molecule has 4 aliphatic rings. The molecule has 0 amide bonds. The van der Waals surface area contributed by atoms with Crippen LogP contribution in [0.1, 0.15) is 70.4 Å². The van der Waals surface area contributed by atoms with E-state index in [0.29, 0.717) is 33.9 Å². The lowest BCUT2D eigenvalue weighted by atomic mass is 9.86. The van der Waals surface area contributed by atoms with E-state index in [4.69, 9.17) is 52.1 Å². The second-order valence-corrected chi connectivity index (χ2v) is 15.3. The molecule has 4 fully saturated rings. The number of nitrogens with zero attached hydrogens (tertiary/aromatic N) is 2. The van der Waals surface area contributed by atoms with E-state index in [1.54, 1.807) is 12.1 Å². The van der Waals surface area contributed by atoms with E-state index in [0.717, 1.165) is 51.2 Å². The van der Waals surface area contributed by atoms with Gasteiger partial charge in [0.25, 0.3) is 6.47 Å². The third-order valence-corrected chi connectivity index (χ3v) is 11.1. The number of carbonyl (C=O) groups excluding carboxylic acids is 2. The number of rotatable bonds is 16. The third-order valence-electron chi connectivity index (χ3n) is 10.5. The molecule has 0 radical (unpaired) electrons. The van der Waals surface area contributed by atoms with Crippen LogP contribution in [-0.2, 0) is 32.0 Å². The Hall–Kier alpha value is -5.22. The third kappa shape index (κ3) is 11.5. The minimum Gasteiger partial charge on any atom is -0.619 e. The molecule has 8 rings (SSSR count). The van der Waals surface area contributed by atoms with Gasteiger partial charge in [-0.15, -0.1) is 0 Å². The van der Waals surface area contributed by atoms with Crippen molar-refractivity contribution < 1.29 is 57.1 Å². The normalized spacial score (nSPS) is 19.2. The highest BCUT2D eigenvalue weighted by atomic mass is 35.5. The fraction of sp³-hybridized carbons (Fsp3) is 0.381. The first-order valence-electron chi connectivity index (χ1n) is 19.0. The molecule has 1 saturated carbocycles. The summed E-state index contributed by atoms with van der Waals surface area (Å²) < 4.78 is 49.7. The average Bonchev–Trinajstić information content (AvgIpc) is 4.05. The molecule has 2 unspecified atom stereocenters. The zero-order valence-electron chi connectivity index (χ0n) is 31.7. The van der Waals surface area contributed by atoms with Gasteiger partial charge in [0.15, 0.2) is 23.9 Å². The predicted octanol–water partition coefficient (Wildman–Crippen LogP) is 7.03. The highest BCUT2D eigenvalue weighted by Crippen LogP contribution is 2.39.